The average molecular weight is 335 g/mol. The molecule has 1 aliphatic heterocycles. The molecular formula is C18H25NO3S. The van der Waals surface area contributed by atoms with Gasteiger partial charge in [0.2, 0.25) is 0 Å². The number of hydrogen-bond donors (Lipinski definition) is 0. The van der Waals surface area contributed by atoms with E-state index in [4.69, 9.17) is 0 Å². The molecule has 1 aliphatic carbocycles. The number of nitrogens with zero attached hydrogens (tertiary/aromatic N) is 1. The highest BCUT2D eigenvalue weighted by Gasteiger charge is 2.33. The number of benzene rings is 1. The third-order valence-electron chi connectivity index (χ3n) is 5.21. The third-order valence-corrected chi connectivity index (χ3v) is 6.07. The molecule has 2 aliphatic rings. The van der Waals surface area contributed by atoms with Crippen molar-refractivity contribution in [2.75, 3.05) is 19.3 Å². The molecule has 5 heteroatoms. The quantitative estimate of drug-likeness (QED) is 0.853. The number of rotatable bonds is 3. The number of likely N-dealkylation sites (tertiary alicyclic amines) is 1. The highest BCUT2D eigenvalue weighted by atomic mass is 32.2. The summed E-state index contributed by atoms with van der Waals surface area (Å²) in [5, 5.41) is 0. The molecule has 1 aromatic rings. The van der Waals surface area contributed by atoms with Crippen molar-refractivity contribution in [2.45, 2.75) is 37.9 Å². The van der Waals surface area contributed by atoms with Crippen LogP contribution < -0.4 is 0 Å². The number of fused-ring (bicyclic) bond motifs is 1. The number of carbonyl (C=O) groups excluding carboxylic acids is 1. The van der Waals surface area contributed by atoms with E-state index < -0.39 is 9.84 Å². The van der Waals surface area contributed by atoms with Crippen LogP contribution in [0.2, 0.25) is 0 Å². The molecule has 3 rings (SSSR count). The fourth-order valence-electron chi connectivity index (χ4n) is 4.01. The highest BCUT2D eigenvalue weighted by molar-refractivity contribution is 7.89. The molecule has 1 aromatic carbocycles. The van der Waals surface area contributed by atoms with Crippen molar-refractivity contribution in [3.05, 3.63) is 35.4 Å². The molecule has 1 heterocycles. The van der Waals surface area contributed by atoms with Crippen LogP contribution in [0, 0.1) is 11.8 Å². The summed E-state index contributed by atoms with van der Waals surface area (Å²) in [6, 6.07) is 7.02. The summed E-state index contributed by atoms with van der Waals surface area (Å²) in [7, 11) is -3.04. The predicted molar refractivity (Wildman–Crippen MR) is 91.0 cm³/mol. The number of piperidine rings is 1. The summed E-state index contributed by atoms with van der Waals surface area (Å²) in [5.74, 6) is 1.59. The lowest BCUT2D eigenvalue weighted by Crippen LogP contribution is -2.44. The van der Waals surface area contributed by atoms with E-state index in [-0.39, 0.29) is 11.7 Å². The van der Waals surface area contributed by atoms with E-state index >= 15 is 0 Å². The van der Waals surface area contributed by atoms with E-state index in [1.165, 1.54) is 31.9 Å². The summed E-state index contributed by atoms with van der Waals surface area (Å²) < 4.78 is 22.7. The summed E-state index contributed by atoms with van der Waals surface area (Å²) in [6.45, 7) is 1.74. The maximum Gasteiger partial charge on any atom is 0.253 e. The van der Waals surface area contributed by atoms with E-state index in [0.29, 0.717) is 11.5 Å². The van der Waals surface area contributed by atoms with Crippen molar-refractivity contribution >= 4 is 15.7 Å². The second-order valence-corrected chi connectivity index (χ2v) is 9.25. The van der Waals surface area contributed by atoms with Crippen molar-refractivity contribution in [1.29, 1.82) is 0 Å². The van der Waals surface area contributed by atoms with Crippen molar-refractivity contribution in [3.63, 3.8) is 0 Å². The Kier molecular flexibility index (Phi) is 4.76. The Hall–Kier alpha value is -1.36. The highest BCUT2D eigenvalue weighted by Crippen LogP contribution is 2.36. The summed E-state index contributed by atoms with van der Waals surface area (Å²) in [4.78, 5) is 14.7. The predicted octanol–water partition coefficient (Wildman–Crippen LogP) is 2.88. The van der Waals surface area contributed by atoms with Gasteiger partial charge in [-0.15, -0.1) is 0 Å². The van der Waals surface area contributed by atoms with Crippen LogP contribution >= 0.6 is 0 Å². The van der Waals surface area contributed by atoms with Crippen LogP contribution in [-0.4, -0.2) is 38.6 Å². The van der Waals surface area contributed by atoms with Crippen LogP contribution in [0.1, 0.15) is 48.0 Å². The van der Waals surface area contributed by atoms with E-state index in [1.807, 2.05) is 4.90 Å². The Morgan fingerprint density at radius 3 is 2.39 bits per heavy atom. The molecule has 0 N–H and O–H groups in total. The second kappa shape index (κ2) is 6.63. The van der Waals surface area contributed by atoms with Crippen molar-refractivity contribution in [1.82, 2.24) is 4.90 Å². The standard InChI is InChI=1S/C18H25NO3S/c1-23(21,22)13-14-6-8-16(9-7-14)18(20)19-11-10-15-4-2-3-5-17(15)12-19/h6-9,15,17H,2-5,10-13H2,1H3/t15-,17-/m1/s1. The van der Waals surface area contributed by atoms with Crippen LogP contribution in [-0.2, 0) is 15.6 Å². The topological polar surface area (TPSA) is 54.5 Å². The van der Waals surface area contributed by atoms with Crippen molar-refractivity contribution in [3.8, 4) is 0 Å². The van der Waals surface area contributed by atoms with Gasteiger partial charge in [-0.2, -0.15) is 0 Å². The van der Waals surface area contributed by atoms with Gasteiger partial charge in [0.1, 0.15) is 0 Å². The largest absolute Gasteiger partial charge is 0.338 e. The molecule has 1 amide bonds. The molecule has 2 atom stereocenters. The number of amides is 1. The molecule has 126 valence electrons. The number of carbonyl (C=O) groups is 1. The van der Waals surface area contributed by atoms with E-state index in [1.54, 1.807) is 24.3 Å². The molecule has 1 saturated heterocycles. The molecule has 1 saturated carbocycles. The lowest BCUT2D eigenvalue weighted by atomic mass is 9.75. The minimum Gasteiger partial charge on any atom is -0.338 e. The molecule has 0 radical (unpaired) electrons. The van der Waals surface area contributed by atoms with E-state index in [9.17, 15) is 13.2 Å². The van der Waals surface area contributed by atoms with Gasteiger partial charge < -0.3 is 4.90 Å². The first-order chi connectivity index (χ1) is 10.9. The van der Waals surface area contributed by atoms with Gasteiger partial charge in [0.15, 0.2) is 9.84 Å². The Balaban J connectivity index is 1.66. The van der Waals surface area contributed by atoms with Crippen LogP contribution in [0.3, 0.4) is 0 Å². The van der Waals surface area contributed by atoms with Crippen molar-refractivity contribution in [2.24, 2.45) is 11.8 Å². The Morgan fingerprint density at radius 1 is 1.09 bits per heavy atom. The Bertz CT molecular complexity index is 666. The summed E-state index contributed by atoms with van der Waals surface area (Å²) >= 11 is 0. The summed E-state index contributed by atoms with van der Waals surface area (Å²) in [6.07, 6.45) is 7.57. The van der Waals surface area contributed by atoms with E-state index in [0.717, 1.165) is 31.0 Å². The van der Waals surface area contributed by atoms with Gasteiger partial charge >= 0.3 is 0 Å². The van der Waals surface area contributed by atoms with Crippen LogP contribution in [0.5, 0.6) is 0 Å². The smallest absolute Gasteiger partial charge is 0.253 e. The van der Waals surface area contributed by atoms with Crippen LogP contribution in [0.4, 0.5) is 0 Å². The van der Waals surface area contributed by atoms with Gasteiger partial charge in [0.25, 0.3) is 5.91 Å². The molecule has 4 nitrogen and oxygen atoms in total. The van der Waals surface area contributed by atoms with Gasteiger partial charge in [-0.3, -0.25) is 4.79 Å². The van der Waals surface area contributed by atoms with Gasteiger partial charge in [0, 0.05) is 24.9 Å². The average Bonchev–Trinajstić information content (AvgIpc) is 2.53. The molecule has 2 fully saturated rings. The zero-order valence-electron chi connectivity index (χ0n) is 13.7. The molecule has 23 heavy (non-hydrogen) atoms. The Morgan fingerprint density at radius 2 is 1.74 bits per heavy atom. The SMILES string of the molecule is CS(=O)(=O)Cc1ccc(C(=O)N2CC[C@H]3CCCC[C@@H]3C2)cc1. The molecule has 0 bridgehead atoms. The fourth-order valence-corrected chi connectivity index (χ4v) is 4.81. The van der Waals surface area contributed by atoms with Crippen LogP contribution in [0.15, 0.2) is 24.3 Å². The zero-order chi connectivity index (χ0) is 16.4. The normalized spacial score (nSPS) is 25.0. The second-order valence-electron chi connectivity index (χ2n) is 7.11. The van der Waals surface area contributed by atoms with Gasteiger partial charge in [-0.1, -0.05) is 31.4 Å². The summed E-state index contributed by atoms with van der Waals surface area (Å²) in [5.41, 5.74) is 1.39. The third kappa shape index (κ3) is 4.14. The van der Waals surface area contributed by atoms with Gasteiger partial charge in [-0.05, 0) is 42.4 Å². The first-order valence-electron chi connectivity index (χ1n) is 8.48. The zero-order valence-corrected chi connectivity index (χ0v) is 14.5. The van der Waals surface area contributed by atoms with Gasteiger partial charge in [0.05, 0.1) is 5.75 Å². The number of sulfone groups is 1. The molecule has 0 aromatic heterocycles. The fraction of sp³-hybridized carbons (Fsp3) is 0.611. The first-order valence-corrected chi connectivity index (χ1v) is 10.5. The lowest BCUT2D eigenvalue weighted by Gasteiger charge is -2.41. The molecule has 0 spiro atoms. The first kappa shape index (κ1) is 16.5. The maximum absolute atomic E-state index is 12.7. The number of hydrogen-bond acceptors (Lipinski definition) is 3. The van der Waals surface area contributed by atoms with Gasteiger partial charge in [-0.25, -0.2) is 8.42 Å². The molecular weight excluding hydrogens is 310 g/mol. The monoisotopic (exact) mass is 335 g/mol. The minimum absolute atomic E-state index is 0.0228. The van der Waals surface area contributed by atoms with Crippen molar-refractivity contribution < 1.29 is 13.2 Å². The minimum atomic E-state index is -3.04. The molecule has 0 unspecified atom stereocenters. The van der Waals surface area contributed by atoms with E-state index in [2.05, 4.69) is 0 Å². The van der Waals surface area contributed by atoms with Crippen LogP contribution in [0.25, 0.3) is 0 Å². The Labute approximate surface area is 138 Å². The maximum atomic E-state index is 12.7. The lowest BCUT2D eigenvalue weighted by molar-refractivity contribution is 0.0521.